The Labute approximate surface area is 99.1 Å². The number of carbonyl (C=O) groups is 1. The van der Waals surface area contributed by atoms with Gasteiger partial charge in [0.1, 0.15) is 0 Å². The fourth-order valence-corrected chi connectivity index (χ4v) is 1.67. The van der Waals surface area contributed by atoms with Crippen LogP contribution in [0.1, 0.15) is 40.0 Å². The number of ether oxygens (including phenoxy) is 1. The summed E-state index contributed by atoms with van der Waals surface area (Å²) in [5.74, 6) is 0.132. The standard InChI is InChI=1S/C12H26N2O2/c1-5-6-11(13)9-12(15)14(10(2)3)7-8-16-4/h10-11H,5-9,13H2,1-4H3. The maximum absolute atomic E-state index is 12.0. The van der Waals surface area contributed by atoms with Crippen molar-refractivity contribution in [3.05, 3.63) is 0 Å². The molecular formula is C12H26N2O2. The fourth-order valence-electron chi connectivity index (χ4n) is 1.67. The maximum atomic E-state index is 12.0. The highest BCUT2D eigenvalue weighted by Gasteiger charge is 2.18. The number of nitrogens with two attached hydrogens (primary N) is 1. The van der Waals surface area contributed by atoms with E-state index in [0.29, 0.717) is 19.6 Å². The highest BCUT2D eigenvalue weighted by Crippen LogP contribution is 2.06. The molecule has 0 heterocycles. The molecule has 0 fully saturated rings. The largest absolute Gasteiger partial charge is 0.383 e. The Morgan fingerprint density at radius 2 is 2.06 bits per heavy atom. The third-order valence-corrected chi connectivity index (χ3v) is 2.58. The fraction of sp³-hybridized carbons (Fsp3) is 0.917. The Kier molecular flexibility index (Phi) is 8.21. The normalized spacial score (nSPS) is 12.9. The third kappa shape index (κ3) is 6.08. The van der Waals surface area contributed by atoms with E-state index in [1.54, 1.807) is 7.11 Å². The van der Waals surface area contributed by atoms with Gasteiger partial charge in [0.05, 0.1) is 6.61 Å². The monoisotopic (exact) mass is 230 g/mol. The molecule has 0 aliphatic rings. The van der Waals surface area contributed by atoms with Crippen molar-refractivity contribution in [2.75, 3.05) is 20.3 Å². The second-order valence-corrected chi connectivity index (χ2v) is 4.43. The van der Waals surface area contributed by atoms with Crippen molar-refractivity contribution in [2.24, 2.45) is 5.73 Å². The number of amides is 1. The van der Waals surface area contributed by atoms with Crippen molar-refractivity contribution in [3.63, 3.8) is 0 Å². The first kappa shape index (κ1) is 15.4. The first-order valence-electron chi connectivity index (χ1n) is 6.06. The molecule has 0 saturated heterocycles. The Hall–Kier alpha value is -0.610. The van der Waals surface area contributed by atoms with Gasteiger partial charge >= 0.3 is 0 Å². The summed E-state index contributed by atoms with van der Waals surface area (Å²) < 4.78 is 5.00. The van der Waals surface area contributed by atoms with Gasteiger partial charge in [-0.25, -0.2) is 0 Å². The summed E-state index contributed by atoms with van der Waals surface area (Å²) in [4.78, 5) is 13.8. The van der Waals surface area contributed by atoms with Crippen molar-refractivity contribution in [1.82, 2.24) is 4.90 Å². The minimum atomic E-state index is -0.0127. The molecule has 4 nitrogen and oxygen atoms in total. The van der Waals surface area contributed by atoms with E-state index in [1.165, 1.54) is 0 Å². The van der Waals surface area contributed by atoms with Crippen molar-refractivity contribution >= 4 is 5.91 Å². The van der Waals surface area contributed by atoms with Crippen LogP contribution in [-0.2, 0) is 9.53 Å². The Bertz CT molecular complexity index is 195. The van der Waals surface area contributed by atoms with Gasteiger partial charge in [0.25, 0.3) is 0 Å². The number of rotatable bonds is 8. The molecule has 0 saturated carbocycles. The minimum absolute atomic E-state index is 0.0127. The summed E-state index contributed by atoms with van der Waals surface area (Å²) in [6, 6.07) is 0.192. The lowest BCUT2D eigenvalue weighted by molar-refractivity contribution is -0.134. The lowest BCUT2D eigenvalue weighted by Gasteiger charge is -2.27. The van der Waals surface area contributed by atoms with Gasteiger partial charge in [-0.3, -0.25) is 4.79 Å². The predicted octanol–water partition coefficient (Wildman–Crippen LogP) is 1.39. The highest BCUT2D eigenvalue weighted by atomic mass is 16.5. The quantitative estimate of drug-likeness (QED) is 0.685. The first-order valence-corrected chi connectivity index (χ1v) is 6.06. The molecule has 0 aromatic rings. The second-order valence-electron chi connectivity index (χ2n) is 4.43. The van der Waals surface area contributed by atoms with Crippen LogP contribution in [0.15, 0.2) is 0 Å². The number of nitrogens with zero attached hydrogens (tertiary/aromatic N) is 1. The summed E-state index contributed by atoms with van der Waals surface area (Å²) in [7, 11) is 1.64. The number of hydrogen-bond donors (Lipinski definition) is 1. The van der Waals surface area contributed by atoms with E-state index in [1.807, 2.05) is 18.7 Å². The Balaban J connectivity index is 4.16. The van der Waals surface area contributed by atoms with E-state index in [-0.39, 0.29) is 18.0 Å². The van der Waals surface area contributed by atoms with Gasteiger partial charge in [0.2, 0.25) is 5.91 Å². The van der Waals surface area contributed by atoms with Gasteiger partial charge in [-0.1, -0.05) is 13.3 Å². The van der Waals surface area contributed by atoms with Crippen LogP contribution in [-0.4, -0.2) is 43.2 Å². The summed E-state index contributed by atoms with van der Waals surface area (Å²) in [6.45, 7) is 7.33. The summed E-state index contributed by atoms with van der Waals surface area (Å²) in [6.07, 6.45) is 2.37. The molecule has 4 heteroatoms. The molecule has 0 bridgehead atoms. The Morgan fingerprint density at radius 1 is 1.44 bits per heavy atom. The molecule has 0 aliphatic carbocycles. The van der Waals surface area contributed by atoms with Crippen LogP contribution < -0.4 is 5.73 Å². The molecule has 16 heavy (non-hydrogen) atoms. The van der Waals surface area contributed by atoms with Crippen LogP contribution in [0.5, 0.6) is 0 Å². The van der Waals surface area contributed by atoms with E-state index < -0.39 is 0 Å². The molecule has 0 aromatic heterocycles. The molecule has 0 rings (SSSR count). The summed E-state index contributed by atoms with van der Waals surface area (Å²) in [5.41, 5.74) is 5.87. The lowest BCUT2D eigenvalue weighted by atomic mass is 10.1. The predicted molar refractivity (Wildman–Crippen MR) is 66.2 cm³/mol. The van der Waals surface area contributed by atoms with Crippen molar-refractivity contribution in [2.45, 2.75) is 52.1 Å². The molecule has 0 radical (unpaired) electrons. The Morgan fingerprint density at radius 3 is 2.50 bits per heavy atom. The van der Waals surface area contributed by atoms with Gasteiger partial charge in [-0.15, -0.1) is 0 Å². The average Bonchev–Trinajstić information content (AvgIpc) is 2.17. The zero-order valence-corrected chi connectivity index (χ0v) is 11.0. The van der Waals surface area contributed by atoms with E-state index in [4.69, 9.17) is 10.5 Å². The molecule has 1 atom stereocenters. The van der Waals surface area contributed by atoms with E-state index in [0.717, 1.165) is 12.8 Å². The molecule has 0 aromatic carbocycles. The zero-order valence-electron chi connectivity index (χ0n) is 11.0. The molecule has 1 unspecified atom stereocenters. The smallest absolute Gasteiger partial charge is 0.224 e. The van der Waals surface area contributed by atoms with Gasteiger partial charge in [0.15, 0.2) is 0 Å². The molecule has 0 spiro atoms. The highest BCUT2D eigenvalue weighted by molar-refractivity contribution is 5.77. The molecule has 1 amide bonds. The van der Waals surface area contributed by atoms with Crippen LogP contribution in [0, 0.1) is 0 Å². The van der Waals surface area contributed by atoms with Gasteiger partial charge in [-0.2, -0.15) is 0 Å². The summed E-state index contributed by atoms with van der Waals surface area (Å²) in [5, 5.41) is 0. The van der Waals surface area contributed by atoms with Crippen LogP contribution in [0.4, 0.5) is 0 Å². The molecule has 96 valence electrons. The molecular weight excluding hydrogens is 204 g/mol. The lowest BCUT2D eigenvalue weighted by Crippen LogP contribution is -2.41. The molecule has 0 aliphatic heterocycles. The maximum Gasteiger partial charge on any atom is 0.224 e. The topological polar surface area (TPSA) is 55.6 Å². The second kappa shape index (κ2) is 8.53. The number of carbonyl (C=O) groups excluding carboxylic acids is 1. The zero-order chi connectivity index (χ0) is 12.6. The first-order chi connectivity index (χ1) is 7.52. The SMILES string of the molecule is CCCC(N)CC(=O)N(CCOC)C(C)C. The van der Waals surface area contributed by atoms with E-state index >= 15 is 0 Å². The van der Waals surface area contributed by atoms with Crippen LogP contribution in [0.3, 0.4) is 0 Å². The number of hydrogen-bond acceptors (Lipinski definition) is 3. The third-order valence-electron chi connectivity index (χ3n) is 2.58. The average molecular weight is 230 g/mol. The van der Waals surface area contributed by atoms with Gasteiger partial charge < -0.3 is 15.4 Å². The van der Waals surface area contributed by atoms with E-state index in [9.17, 15) is 4.79 Å². The van der Waals surface area contributed by atoms with Gasteiger partial charge in [0, 0.05) is 32.2 Å². The van der Waals surface area contributed by atoms with E-state index in [2.05, 4.69) is 6.92 Å². The van der Waals surface area contributed by atoms with Crippen LogP contribution in [0.25, 0.3) is 0 Å². The van der Waals surface area contributed by atoms with Crippen molar-refractivity contribution in [3.8, 4) is 0 Å². The van der Waals surface area contributed by atoms with Gasteiger partial charge in [-0.05, 0) is 20.3 Å². The number of methoxy groups -OCH3 is 1. The van der Waals surface area contributed by atoms with Crippen LogP contribution in [0.2, 0.25) is 0 Å². The summed E-state index contributed by atoms with van der Waals surface area (Å²) >= 11 is 0. The van der Waals surface area contributed by atoms with Crippen LogP contribution >= 0.6 is 0 Å². The van der Waals surface area contributed by atoms with Crippen molar-refractivity contribution < 1.29 is 9.53 Å². The molecule has 2 N–H and O–H groups in total. The minimum Gasteiger partial charge on any atom is -0.383 e. The van der Waals surface area contributed by atoms with Crippen molar-refractivity contribution in [1.29, 1.82) is 0 Å².